The lowest BCUT2D eigenvalue weighted by Crippen LogP contribution is -2.07. The van der Waals surface area contributed by atoms with Crippen molar-refractivity contribution in [3.05, 3.63) is 47.5 Å². The van der Waals surface area contributed by atoms with E-state index in [9.17, 15) is 0 Å². The Balaban J connectivity index is 2.03. The highest BCUT2D eigenvalue weighted by Crippen LogP contribution is 2.27. The lowest BCUT2D eigenvalue weighted by atomic mass is 10.2. The van der Waals surface area contributed by atoms with Crippen LogP contribution >= 0.6 is 11.6 Å². The van der Waals surface area contributed by atoms with Gasteiger partial charge in [0.05, 0.1) is 0 Å². The average Bonchev–Trinajstić information content (AvgIpc) is 2.81. The molecular formula is C15H13ClN2O. The van der Waals surface area contributed by atoms with Crippen LogP contribution in [0.1, 0.15) is 0 Å². The Morgan fingerprint density at radius 2 is 1.79 bits per heavy atom. The predicted molar refractivity (Wildman–Crippen MR) is 78.8 cm³/mol. The molecule has 96 valence electrons. The van der Waals surface area contributed by atoms with Gasteiger partial charge in [-0.15, -0.1) is 0 Å². The normalized spacial score (nSPS) is 10.9. The van der Waals surface area contributed by atoms with Crippen molar-refractivity contribution in [2.24, 2.45) is 0 Å². The van der Waals surface area contributed by atoms with Gasteiger partial charge in [0, 0.05) is 30.4 Å². The van der Waals surface area contributed by atoms with Crippen LogP contribution in [0.3, 0.4) is 0 Å². The summed E-state index contributed by atoms with van der Waals surface area (Å²) in [5.74, 6) is 0.613. The van der Waals surface area contributed by atoms with Gasteiger partial charge in [0.2, 0.25) is 5.89 Å². The van der Waals surface area contributed by atoms with E-state index >= 15 is 0 Å². The maximum Gasteiger partial charge on any atom is 0.227 e. The third-order valence-electron chi connectivity index (χ3n) is 2.98. The summed E-state index contributed by atoms with van der Waals surface area (Å²) < 4.78 is 5.73. The zero-order valence-electron chi connectivity index (χ0n) is 10.7. The minimum absolute atomic E-state index is 0.613. The molecule has 0 spiro atoms. The quantitative estimate of drug-likeness (QED) is 0.700. The molecule has 0 unspecified atom stereocenters. The van der Waals surface area contributed by atoms with E-state index in [4.69, 9.17) is 16.0 Å². The molecular weight excluding hydrogens is 260 g/mol. The maximum absolute atomic E-state index is 5.94. The second-order valence-corrected chi connectivity index (χ2v) is 5.01. The Labute approximate surface area is 116 Å². The molecule has 4 heteroatoms. The number of nitrogens with zero attached hydrogens (tertiary/aromatic N) is 2. The van der Waals surface area contributed by atoms with Crippen molar-refractivity contribution in [1.29, 1.82) is 0 Å². The molecule has 0 radical (unpaired) electrons. The van der Waals surface area contributed by atoms with Crippen LogP contribution in [-0.4, -0.2) is 19.1 Å². The molecule has 0 atom stereocenters. The van der Waals surface area contributed by atoms with Crippen molar-refractivity contribution < 1.29 is 4.42 Å². The molecule has 19 heavy (non-hydrogen) atoms. The maximum atomic E-state index is 5.94. The first kappa shape index (κ1) is 12.1. The minimum atomic E-state index is 0.613. The van der Waals surface area contributed by atoms with Crippen molar-refractivity contribution in [2.45, 2.75) is 0 Å². The molecule has 0 fully saturated rings. The molecule has 0 aliphatic carbocycles. The predicted octanol–water partition coefficient (Wildman–Crippen LogP) is 4.21. The van der Waals surface area contributed by atoms with Gasteiger partial charge in [0.25, 0.3) is 0 Å². The molecule has 3 rings (SSSR count). The summed E-state index contributed by atoms with van der Waals surface area (Å²) in [5.41, 5.74) is 3.62. The van der Waals surface area contributed by atoms with Crippen LogP contribution in [0.15, 0.2) is 46.9 Å². The van der Waals surface area contributed by atoms with E-state index in [1.54, 1.807) is 12.1 Å². The summed E-state index contributed by atoms with van der Waals surface area (Å²) in [7, 11) is 4.02. The highest BCUT2D eigenvalue weighted by molar-refractivity contribution is 6.31. The number of hydrogen-bond donors (Lipinski definition) is 0. The van der Waals surface area contributed by atoms with E-state index in [2.05, 4.69) is 9.88 Å². The first-order chi connectivity index (χ1) is 9.13. The van der Waals surface area contributed by atoms with E-state index in [1.165, 1.54) is 0 Å². The summed E-state index contributed by atoms with van der Waals surface area (Å²) in [6.45, 7) is 0. The number of fused-ring (bicyclic) bond motifs is 1. The SMILES string of the molecule is CN(C)c1ccc(-c2nc3cc(Cl)ccc3o2)cc1. The van der Waals surface area contributed by atoms with Gasteiger partial charge >= 0.3 is 0 Å². The van der Waals surface area contributed by atoms with E-state index in [0.717, 1.165) is 22.4 Å². The Kier molecular flexibility index (Phi) is 2.91. The van der Waals surface area contributed by atoms with Gasteiger partial charge in [-0.25, -0.2) is 4.98 Å². The van der Waals surface area contributed by atoms with Crippen molar-refractivity contribution >= 4 is 28.4 Å². The van der Waals surface area contributed by atoms with E-state index in [-0.39, 0.29) is 0 Å². The van der Waals surface area contributed by atoms with Crippen LogP contribution in [0.5, 0.6) is 0 Å². The van der Waals surface area contributed by atoms with Crippen molar-refractivity contribution in [1.82, 2.24) is 4.98 Å². The van der Waals surface area contributed by atoms with Crippen LogP contribution in [0.2, 0.25) is 5.02 Å². The number of rotatable bonds is 2. The number of hydrogen-bond acceptors (Lipinski definition) is 3. The molecule has 0 N–H and O–H groups in total. The zero-order chi connectivity index (χ0) is 13.4. The fourth-order valence-electron chi connectivity index (χ4n) is 1.93. The molecule has 2 aromatic carbocycles. The Morgan fingerprint density at radius 1 is 1.05 bits per heavy atom. The Morgan fingerprint density at radius 3 is 2.47 bits per heavy atom. The first-order valence-electron chi connectivity index (χ1n) is 5.97. The fraction of sp³-hybridized carbons (Fsp3) is 0.133. The molecule has 0 saturated heterocycles. The molecule has 1 aromatic heterocycles. The van der Waals surface area contributed by atoms with Crippen LogP contribution < -0.4 is 4.90 Å². The van der Waals surface area contributed by atoms with Gasteiger partial charge in [-0.3, -0.25) is 0 Å². The second-order valence-electron chi connectivity index (χ2n) is 4.57. The van der Waals surface area contributed by atoms with Crippen LogP contribution in [-0.2, 0) is 0 Å². The van der Waals surface area contributed by atoms with E-state index in [0.29, 0.717) is 10.9 Å². The molecule has 0 saturated carbocycles. The number of oxazole rings is 1. The summed E-state index contributed by atoms with van der Waals surface area (Å²) in [4.78, 5) is 6.50. The summed E-state index contributed by atoms with van der Waals surface area (Å²) in [6.07, 6.45) is 0. The topological polar surface area (TPSA) is 29.3 Å². The van der Waals surface area contributed by atoms with E-state index in [1.807, 2.05) is 44.4 Å². The van der Waals surface area contributed by atoms with Gasteiger partial charge in [-0.2, -0.15) is 0 Å². The number of aromatic nitrogens is 1. The highest BCUT2D eigenvalue weighted by atomic mass is 35.5. The van der Waals surface area contributed by atoms with Gasteiger partial charge in [-0.05, 0) is 42.5 Å². The third-order valence-corrected chi connectivity index (χ3v) is 3.22. The van der Waals surface area contributed by atoms with Gasteiger partial charge in [-0.1, -0.05) is 11.6 Å². The molecule has 3 aromatic rings. The summed E-state index contributed by atoms with van der Waals surface area (Å²) in [5, 5.41) is 0.662. The van der Waals surface area contributed by atoms with Gasteiger partial charge in [0.1, 0.15) is 5.52 Å². The van der Waals surface area contributed by atoms with Crippen molar-refractivity contribution in [3.63, 3.8) is 0 Å². The number of anilines is 1. The Bertz CT molecular complexity index is 717. The van der Waals surface area contributed by atoms with Gasteiger partial charge < -0.3 is 9.32 Å². The lowest BCUT2D eigenvalue weighted by Gasteiger charge is -2.11. The summed E-state index contributed by atoms with van der Waals surface area (Å²) >= 11 is 5.94. The number of benzene rings is 2. The Hall–Kier alpha value is -2.00. The van der Waals surface area contributed by atoms with Crippen molar-refractivity contribution in [2.75, 3.05) is 19.0 Å². The van der Waals surface area contributed by atoms with Crippen LogP contribution in [0.4, 0.5) is 5.69 Å². The van der Waals surface area contributed by atoms with Crippen molar-refractivity contribution in [3.8, 4) is 11.5 Å². The molecule has 3 nitrogen and oxygen atoms in total. The minimum Gasteiger partial charge on any atom is -0.436 e. The second kappa shape index (κ2) is 4.59. The average molecular weight is 273 g/mol. The monoisotopic (exact) mass is 272 g/mol. The van der Waals surface area contributed by atoms with Gasteiger partial charge in [0.15, 0.2) is 5.58 Å². The first-order valence-corrected chi connectivity index (χ1v) is 6.35. The smallest absolute Gasteiger partial charge is 0.227 e. The highest BCUT2D eigenvalue weighted by Gasteiger charge is 2.08. The largest absolute Gasteiger partial charge is 0.436 e. The fourth-order valence-corrected chi connectivity index (χ4v) is 2.09. The van der Waals surface area contributed by atoms with E-state index < -0.39 is 0 Å². The molecule has 0 aliphatic heterocycles. The lowest BCUT2D eigenvalue weighted by molar-refractivity contribution is 0.620. The molecule has 0 bridgehead atoms. The summed E-state index contributed by atoms with van der Waals surface area (Å²) in [6, 6.07) is 13.5. The third kappa shape index (κ3) is 2.29. The van der Waals surface area contributed by atoms with Crippen LogP contribution in [0.25, 0.3) is 22.6 Å². The molecule has 0 amide bonds. The van der Waals surface area contributed by atoms with Crippen LogP contribution in [0, 0.1) is 0 Å². The molecule has 1 heterocycles. The zero-order valence-corrected chi connectivity index (χ0v) is 11.5. The number of halogens is 1. The standard InChI is InChI=1S/C15H13ClN2O/c1-18(2)12-6-3-10(4-7-12)15-17-13-9-11(16)5-8-14(13)19-15/h3-9H,1-2H3. The molecule has 0 aliphatic rings.